The van der Waals surface area contributed by atoms with Gasteiger partial charge in [-0.3, -0.25) is 18.8 Å². The van der Waals surface area contributed by atoms with E-state index in [1.807, 2.05) is 19.9 Å². The molecule has 1 aromatic carbocycles. The lowest BCUT2D eigenvalue weighted by atomic mass is 10.2. The Kier molecular flexibility index (Phi) is 27.9. The third-order valence-electron chi connectivity index (χ3n) is 9.91. The smallest absolute Gasteiger partial charge is 0.356 e. The highest BCUT2D eigenvalue weighted by molar-refractivity contribution is 6.36. The van der Waals surface area contributed by atoms with Gasteiger partial charge in [0, 0.05) is 37.0 Å². The number of benzene rings is 1. The maximum absolute atomic E-state index is 11.8. The fourth-order valence-corrected chi connectivity index (χ4v) is 6.51. The van der Waals surface area contributed by atoms with Crippen molar-refractivity contribution in [3.63, 3.8) is 0 Å². The number of H-pyrrole nitrogens is 1. The number of quaternary nitrogens is 1. The molecule has 1 atom stereocenters. The first-order valence-corrected chi connectivity index (χ1v) is 22.5. The van der Waals surface area contributed by atoms with E-state index in [1.165, 1.54) is 53.3 Å². The first-order chi connectivity index (χ1) is 31.7. The minimum Gasteiger partial charge on any atom is -1.00 e. The molecular formula is C48H67Cl2N7O10. The van der Waals surface area contributed by atoms with E-state index in [-0.39, 0.29) is 48.0 Å². The number of carbonyl (C=O) groups is 4. The number of rotatable bonds is 16. The first-order valence-electron chi connectivity index (χ1n) is 22.1. The fraction of sp³-hybridized carbons (Fsp3) is 0.417. The third kappa shape index (κ3) is 18.9. The van der Waals surface area contributed by atoms with E-state index in [2.05, 4.69) is 61.3 Å². The molecule has 5 aromatic heterocycles. The van der Waals surface area contributed by atoms with Crippen LogP contribution in [0, 0.1) is 0 Å². The van der Waals surface area contributed by atoms with Crippen LogP contribution in [-0.4, -0.2) is 111 Å². The standard InChI is InChI=1S/C13H22N.C10H9ClN2O2.C10H10N2O3.C8H16O3.C7H10N2O2.ClH/c1-4-14(5-2,6-3)12-13-10-8-7-9-11-13;1-2-15-10(14)7-6-12-13-5-3-4-8(13)9(7)11;1-2-15-10(14)7-6-11-12-5-3-4-8(12)9(7)13;1-4-10-7(3)6-8(9)11-5-2;1-2-11-7(10)6-4-3-5-9(6)8;/h7-11H,4-6,12H2,1-3H3;3-6H,2H2,1H3;3-6,11H,2H2,1H3;7H,4-6H2,1-3H3;3-5H,2,8H2,1H3;1H/q+1;;;;;/p-1. The molecule has 0 amide bonds. The molecule has 0 spiro atoms. The Labute approximate surface area is 404 Å². The van der Waals surface area contributed by atoms with Gasteiger partial charge in [0.1, 0.15) is 28.9 Å². The zero-order valence-corrected chi connectivity index (χ0v) is 41.5. The van der Waals surface area contributed by atoms with Crippen molar-refractivity contribution in [2.45, 2.75) is 81.4 Å². The van der Waals surface area contributed by atoms with E-state index >= 15 is 0 Å². The molecule has 1 unspecified atom stereocenters. The molecule has 5 heterocycles. The van der Waals surface area contributed by atoms with Crippen LogP contribution < -0.4 is 23.7 Å². The number of esters is 4. The number of aromatic nitrogens is 5. The monoisotopic (exact) mass is 971 g/mol. The Balaban J connectivity index is 0.000000420. The molecule has 0 aliphatic carbocycles. The van der Waals surface area contributed by atoms with Crippen LogP contribution in [0.15, 0.2) is 103 Å². The molecule has 0 saturated carbocycles. The molecule has 19 heteroatoms. The Bertz CT molecular complexity index is 2420. The molecule has 0 radical (unpaired) electrons. The van der Waals surface area contributed by atoms with Crippen molar-refractivity contribution in [1.29, 1.82) is 0 Å². The highest BCUT2D eigenvalue weighted by Gasteiger charge is 2.21. The second kappa shape index (κ2) is 31.7. The highest BCUT2D eigenvalue weighted by Crippen LogP contribution is 2.22. The van der Waals surface area contributed by atoms with Crippen LogP contribution in [0.3, 0.4) is 0 Å². The fourth-order valence-electron chi connectivity index (χ4n) is 6.24. The minimum atomic E-state index is -0.595. The predicted molar refractivity (Wildman–Crippen MR) is 255 cm³/mol. The van der Waals surface area contributed by atoms with Gasteiger partial charge in [-0.05, 0) is 98.7 Å². The van der Waals surface area contributed by atoms with Gasteiger partial charge in [-0.25, -0.2) is 18.9 Å². The summed E-state index contributed by atoms with van der Waals surface area (Å²) in [6, 6.07) is 21.1. The molecule has 0 fully saturated rings. The van der Waals surface area contributed by atoms with Crippen molar-refractivity contribution >= 4 is 46.5 Å². The Morgan fingerprint density at radius 1 is 0.701 bits per heavy atom. The molecule has 17 nitrogen and oxygen atoms in total. The summed E-state index contributed by atoms with van der Waals surface area (Å²) in [6.07, 6.45) is 8.13. The molecule has 0 saturated heterocycles. The second-order valence-corrected chi connectivity index (χ2v) is 14.5. The first kappa shape index (κ1) is 58.9. The van der Waals surface area contributed by atoms with Crippen LogP contribution in [0.2, 0.25) is 5.02 Å². The van der Waals surface area contributed by atoms with Gasteiger partial charge in [0.2, 0.25) is 5.43 Å². The summed E-state index contributed by atoms with van der Waals surface area (Å²) in [7, 11) is 0. The maximum Gasteiger partial charge on any atom is 0.356 e. The number of carbonyl (C=O) groups excluding carboxylic acids is 4. The summed E-state index contributed by atoms with van der Waals surface area (Å²) in [5.74, 6) is 3.77. The van der Waals surface area contributed by atoms with Gasteiger partial charge in [0.05, 0.1) is 75.3 Å². The van der Waals surface area contributed by atoms with E-state index in [1.54, 1.807) is 85.6 Å². The van der Waals surface area contributed by atoms with E-state index in [4.69, 9.17) is 41.1 Å². The number of fused-ring (bicyclic) bond motifs is 2. The lowest BCUT2D eigenvalue weighted by Crippen LogP contribution is -3.00. The summed E-state index contributed by atoms with van der Waals surface area (Å²) in [5.41, 5.74) is 2.96. The quantitative estimate of drug-likeness (QED) is 0.0584. The van der Waals surface area contributed by atoms with Crippen molar-refractivity contribution < 1.29 is 59.8 Å². The Hall–Kier alpha value is -6.14. The van der Waals surface area contributed by atoms with Crippen LogP contribution in [-0.2, 0) is 35.0 Å². The van der Waals surface area contributed by atoms with Crippen molar-refractivity contribution in [3.05, 3.63) is 135 Å². The Morgan fingerprint density at radius 3 is 1.81 bits per heavy atom. The van der Waals surface area contributed by atoms with Gasteiger partial charge in [0.15, 0.2) is 0 Å². The molecular weight excluding hydrogens is 905 g/mol. The van der Waals surface area contributed by atoms with Gasteiger partial charge >= 0.3 is 23.9 Å². The summed E-state index contributed by atoms with van der Waals surface area (Å²) in [4.78, 5) is 56.4. The number of halogens is 2. The van der Waals surface area contributed by atoms with E-state index < -0.39 is 11.9 Å². The number of hydrogen-bond donors (Lipinski definition) is 2. The largest absolute Gasteiger partial charge is 1.00 e. The van der Waals surface area contributed by atoms with E-state index in [9.17, 15) is 24.0 Å². The van der Waals surface area contributed by atoms with Crippen LogP contribution in [0.5, 0.6) is 0 Å². The number of aromatic amines is 1. The predicted octanol–water partition coefficient (Wildman–Crippen LogP) is 4.78. The highest BCUT2D eigenvalue weighted by atomic mass is 35.5. The number of nitrogens with zero attached hydrogens (tertiary/aromatic N) is 5. The van der Waals surface area contributed by atoms with Crippen LogP contribution in [0.25, 0.3) is 11.0 Å². The van der Waals surface area contributed by atoms with Gasteiger partial charge in [-0.15, -0.1) is 0 Å². The van der Waals surface area contributed by atoms with Gasteiger partial charge in [0.25, 0.3) is 0 Å². The summed E-state index contributed by atoms with van der Waals surface area (Å²) < 4.78 is 29.8. The van der Waals surface area contributed by atoms with Gasteiger partial charge in [-0.2, -0.15) is 5.10 Å². The molecule has 368 valence electrons. The lowest BCUT2D eigenvalue weighted by Gasteiger charge is -2.35. The number of hydrogen-bond acceptors (Lipinski definition) is 12. The lowest BCUT2D eigenvalue weighted by molar-refractivity contribution is -0.936. The van der Waals surface area contributed by atoms with Crippen LogP contribution in [0.1, 0.15) is 106 Å². The van der Waals surface area contributed by atoms with Crippen LogP contribution in [0.4, 0.5) is 0 Å². The molecule has 67 heavy (non-hydrogen) atoms. The molecule has 0 aliphatic rings. The summed E-state index contributed by atoms with van der Waals surface area (Å²) in [5, 5.41) is 7.20. The molecule has 6 rings (SSSR count). The average Bonchev–Trinajstić information content (AvgIpc) is 4.10. The normalized spacial score (nSPS) is 10.8. The minimum absolute atomic E-state index is 0. The van der Waals surface area contributed by atoms with E-state index in [0.29, 0.717) is 60.2 Å². The van der Waals surface area contributed by atoms with Crippen molar-refractivity contribution in [1.82, 2.24) is 23.9 Å². The topological polar surface area (TPSA) is 200 Å². The molecule has 3 N–H and O–H groups in total. The zero-order valence-electron chi connectivity index (χ0n) is 40.0. The zero-order chi connectivity index (χ0) is 49.1. The summed E-state index contributed by atoms with van der Waals surface area (Å²) in [6.45, 7) is 24.5. The van der Waals surface area contributed by atoms with Crippen LogP contribution >= 0.6 is 11.6 Å². The van der Waals surface area contributed by atoms with Gasteiger partial charge < -0.3 is 51.5 Å². The van der Waals surface area contributed by atoms with E-state index in [0.717, 1.165) is 0 Å². The molecule has 0 bridgehead atoms. The second-order valence-electron chi connectivity index (χ2n) is 14.2. The SMILES string of the molecule is CCOC(=O)CC(C)OCC.CCOC(=O)c1c[nH]n2cccc2c1=O.CCOC(=O)c1cccn1N.CCOC(=O)c1cnn2cccc2c1Cl.CC[N+](CC)(CC)Cc1ccccc1.[Cl-]. The molecule has 6 aromatic rings. The van der Waals surface area contributed by atoms with Gasteiger partial charge in [-0.1, -0.05) is 41.9 Å². The molecule has 0 aliphatic heterocycles. The number of nitrogen functional groups attached to an aromatic ring is 1. The number of nitrogens with one attached hydrogen (secondary N) is 1. The van der Waals surface area contributed by atoms with Crippen molar-refractivity contribution in [2.75, 3.05) is 58.5 Å². The average molecular weight is 973 g/mol. The van der Waals surface area contributed by atoms with Crippen molar-refractivity contribution in [2.24, 2.45) is 0 Å². The third-order valence-corrected chi connectivity index (χ3v) is 10.3. The van der Waals surface area contributed by atoms with Crippen molar-refractivity contribution in [3.8, 4) is 0 Å². The number of nitrogens with two attached hydrogens (primary N) is 1. The number of ether oxygens (including phenoxy) is 5. The Morgan fingerprint density at radius 2 is 1.25 bits per heavy atom. The maximum atomic E-state index is 11.8. The summed E-state index contributed by atoms with van der Waals surface area (Å²) >= 11 is 6.05.